The number of piperidine rings is 3. The van der Waals surface area contributed by atoms with Gasteiger partial charge in [0.25, 0.3) is 0 Å². The number of carbonyl (C=O) groups excluding carboxylic acids is 1. The molecule has 0 amide bonds. The minimum absolute atomic E-state index is 0.0871. The van der Waals surface area contributed by atoms with Crippen molar-refractivity contribution >= 4 is 11.9 Å². The van der Waals surface area contributed by atoms with Crippen molar-refractivity contribution in [2.75, 3.05) is 59.0 Å². The number of nitrogens with zero attached hydrogens (tertiary/aromatic N) is 3. The van der Waals surface area contributed by atoms with E-state index in [1.165, 1.54) is 52.1 Å². The van der Waals surface area contributed by atoms with Gasteiger partial charge in [-0.15, -0.1) is 0 Å². The van der Waals surface area contributed by atoms with E-state index >= 15 is 0 Å². The molecule has 5 heterocycles. The molecule has 1 aliphatic carbocycles. The topological polar surface area (TPSA) is 145 Å². The Morgan fingerprint density at radius 3 is 2.56 bits per heavy atom. The maximum absolute atomic E-state index is 12.1. The van der Waals surface area contributed by atoms with Crippen LogP contribution >= 0.6 is 0 Å². The lowest BCUT2D eigenvalue weighted by Gasteiger charge is -2.49. The number of nitrogens with two attached hydrogens (primary N) is 1. The maximum atomic E-state index is 12.1. The number of benzene rings is 1. The van der Waals surface area contributed by atoms with E-state index in [-0.39, 0.29) is 23.2 Å². The number of aliphatic hydroxyl groups is 1. The van der Waals surface area contributed by atoms with Crippen LogP contribution in [0.25, 0.3) is 0 Å². The number of hydrogen-bond acceptors (Lipinski definition) is 11. The fraction of sp³-hybridized carbons (Fsp3) is 0.784. The second-order valence-electron chi connectivity index (χ2n) is 15.6. The highest BCUT2D eigenvalue weighted by atomic mass is 16.5. The first-order valence-electron chi connectivity index (χ1n) is 18.8. The van der Waals surface area contributed by atoms with Gasteiger partial charge >= 0.3 is 5.97 Å². The Bertz CT molecular complexity index is 1220. The third-order valence-corrected chi connectivity index (χ3v) is 11.8. The van der Waals surface area contributed by atoms with Gasteiger partial charge < -0.3 is 41.0 Å². The monoisotopic (exact) mass is 668 g/mol. The molecule has 11 nitrogen and oxygen atoms in total. The van der Waals surface area contributed by atoms with E-state index in [4.69, 9.17) is 20.2 Å². The van der Waals surface area contributed by atoms with Crippen LogP contribution in [0.4, 0.5) is 0 Å². The van der Waals surface area contributed by atoms with Crippen molar-refractivity contribution in [1.29, 1.82) is 0 Å². The zero-order valence-corrected chi connectivity index (χ0v) is 29.1. The van der Waals surface area contributed by atoms with E-state index < -0.39 is 12.2 Å². The van der Waals surface area contributed by atoms with Crippen LogP contribution in [-0.2, 0) is 16.0 Å². The Labute approximate surface area is 287 Å². The summed E-state index contributed by atoms with van der Waals surface area (Å²) in [5.74, 6) is 2.61. The lowest BCUT2D eigenvalue weighted by Crippen LogP contribution is -2.55. The third-order valence-electron chi connectivity index (χ3n) is 11.8. The van der Waals surface area contributed by atoms with Crippen molar-refractivity contribution in [3.63, 3.8) is 0 Å². The predicted molar refractivity (Wildman–Crippen MR) is 187 cm³/mol. The highest BCUT2D eigenvalue weighted by Gasteiger charge is 2.44. The van der Waals surface area contributed by atoms with Crippen LogP contribution in [0, 0.1) is 23.2 Å². The maximum Gasteiger partial charge on any atom is 0.302 e. The molecule has 6 N–H and O–H groups in total. The molecule has 4 bridgehead atoms. The molecule has 1 saturated carbocycles. The van der Waals surface area contributed by atoms with Crippen LogP contribution in [0.5, 0.6) is 11.5 Å². The largest absolute Gasteiger partial charge is 0.504 e. The van der Waals surface area contributed by atoms with E-state index in [9.17, 15) is 15.0 Å². The van der Waals surface area contributed by atoms with Crippen molar-refractivity contribution in [1.82, 2.24) is 20.4 Å². The molecule has 48 heavy (non-hydrogen) atoms. The van der Waals surface area contributed by atoms with Gasteiger partial charge in [0.15, 0.2) is 17.5 Å². The molecule has 0 aromatic heterocycles. The molecule has 0 radical (unpaired) electrons. The van der Waals surface area contributed by atoms with Crippen molar-refractivity contribution in [2.24, 2.45) is 33.9 Å². The average Bonchev–Trinajstić information content (AvgIpc) is 3.52. The molecule has 3 saturated heterocycles. The number of phenols is 1. The number of aromatic hydroxyl groups is 1. The fourth-order valence-corrected chi connectivity index (χ4v) is 9.55. The molecular weight excluding hydrogens is 608 g/mol. The summed E-state index contributed by atoms with van der Waals surface area (Å²) in [4.78, 5) is 22.1. The molecule has 7 rings (SSSR count). The van der Waals surface area contributed by atoms with Crippen molar-refractivity contribution < 1.29 is 24.5 Å². The molecule has 6 aliphatic rings. The summed E-state index contributed by atoms with van der Waals surface area (Å²) in [7, 11) is 0. The van der Waals surface area contributed by atoms with E-state index in [0.29, 0.717) is 61.8 Å². The molecule has 11 heteroatoms. The summed E-state index contributed by atoms with van der Waals surface area (Å²) in [5, 5.41) is 28.7. The van der Waals surface area contributed by atoms with Gasteiger partial charge in [-0.05, 0) is 112 Å². The molecule has 2 unspecified atom stereocenters. The van der Waals surface area contributed by atoms with Crippen molar-refractivity contribution in [3.05, 3.63) is 23.8 Å². The Kier molecular flexibility index (Phi) is 12.0. The summed E-state index contributed by atoms with van der Waals surface area (Å²) in [5.41, 5.74) is 7.62. The van der Waals surface area contributed by atoms with Crippen LogP contribution in [0.15, 0.2) is 23.2 Å². The number of hydrogen-bond donors (Lipinski definition) is 5. The minimum atomic E-state index is -0.582. The zero-order valence-electron chi connectivity index (χ0n) is 29.1. The molecule has 1 aromatic carbocycles. The zero-order chi connectivity index (χ0) is 33.5. The average molecular weight is 669 g/mol. The first-order chi connectivity index (χ1) is 23.2. The highest BCUT2D eigenvalue weighted by Crippen LogP contribution is 2.48. The van der Waals surface area contributed by atoms with Crippen molar-refractivity contribution in [2.45, 2.75) is 102 Å². The molecule has 268 valence electrons. The van der Waals surface area contributed by atoms with Gasteiger partial charge in [0.05, 0.1) is 12.8 Å². The third kappa shape index (κ3) is 9.55. The van der Waals surface area contributed by atoms with Gasteiger partial charge in [-0.2, -0.15) is 0 Å². The van der Waals surface area contributed by atoms with Gasteiger partial charge in [0.1, 0.15) is 12.2 Å². The quantitative estimate of drug-likeness (QED) is 0.223. The highest BCUT2D eigenvalue weighted by molar-refractivity contribution is 5.77. The Morgan fingerprint density at radius 1 is 1.10 bits per heavy atom. The second-order valence-corrected chi connectivity index (χ2v) is 15.6. The number of nitrogens with one attached hydrogen (secondary N) is 2. The van der Waals surface area contributed by atoms with E-state index in [0.717, 1.165) is 64.1 Å². The Hall–Kier alpha value is -2.60. The Morgan fingerprint density at radius 2 is 1.83 bits per heavy atom. The summed E-state index contributed by atoms with van der Waals surface area (Å²) in [6, 6.07) is 5.48. The molecule has 5 aliphatic heterocycles. The van der Waals surface area contributed by atoms with Gasteiger partial charge in [0.2, 0.25) is 0 Å². The lowest BCUT2D eigenvalue weighted by molar-refractivity contribution is -0.148. The lowest BCUT2D eigenvalue weighted by atomic mass is 9.70. The van der Waals surface area contributed by atoms with Gasteiger partial charge in [0, 0.05) is 52.6 Å². The van der Waals surface area contributed by atoms with E-state index in [2.05, 4.69) is 20.4 Å². The smallest absolute Gasteiger partial charge is 0.302 e. The number of rotatable bonds is 11. The van der Waals surface area contributed by atoms with Gasteiger partial charge in [-0.3, -0.25) is 9.69 Å². The number of carbonyl (C=O) groups is 1. The van der Waals surface area contributed by atoms with Crippen LogP contribution < -0.4 is 21.1 Å². The van der Waals surface area contributed by atoms with Crippen LogP contribution in [0.2, 0.25) is 0 Å². The standard InChI is InChI=1S/C37H60N6O5/c1-26(44)47-33(8-4-27-5-9-34(46)35(17-27)48-32-10-14-39-15-11-32)18-31(45)7-6-30-19-40-36(38)41-25-43-22-28-16-29(23-43)21-42(20-28)24-37(30)12-2-3-13-37/h5,9,17,28-33,39,45-46H,2-4,6-8,10-16,18-25H2,1H3,(H3,38,40,41)/t28-,29+,30-,31-,33+/m0/s1. The number of aliphatic hydroxyl groups excluding tert-OH is 1. The molecular formula is C37H60N6O5. The molecule has 7 atom stereocenters. The fourth-order valence-electron chi connectivity index (χ4n) is 9.55. The molecule has 1 spiro atoms. The number of ether oxygens (including phenoxy) is 2. The number of phenolic OH excluding ortho intramolecular Hbond substituents is 1. The number of aliphatic imine (C=N–C) groups is 1. The summed E-state index contributed by atoms with van der Waals surface area (Å²) in [6.45, 7) is 10.4. The van der Waals surface area contributed by atoms with Gasteiger partial charge in [-0.25, -0.2) is 4.99 Å². The second kappa shape index (κ2) is 16.4. The van der Waals surface area contributed by atoms with Crippen LogP contribution in [0.1, 0.15) is 83.1 Å². The normalized spacial score (nSPS) is 30.4. The summed E-state index contributed by atoms with van der Waals surface area (Å²) in [6.07, 6.45) is 10.4. The first-order valence-corrected chi connectivity index (χ1v) is 18.8. The Balaban J connectivity index is 1.08. The van der Waals surface area contributed by atoms with Crippen LogP contribution in [-0.4, -0.2) is 109 Å². The SMILES string of the molecule is CC(=O)O[C@H](CCc1ccc(O)c(OC2CCNCC2)c1)C[C@@H](O)CC[C@H]1CNC(N)=NCN2C[C@H]3C[C@@H](C2)CN(C3)CC12CCCC2. The summed E-state index contributed by atoms with van der Waals surface area (Å²) >= 11 is 0. The molecule has 4 fully saturated rings. The van der Waals surface area contributed by atoms with Crippen molar-refractivity contribution in [3.8, 4) is 11.5 Å². The first kappa shape index (κ1) is 35.2. The summed E-state index contributed by atoms with van der Waals surface area (Å²) < 4.78 is 11.9. The van der Waals surface area contributed by atoms with E-state index in [1.807, 2.05) is 12.1 Å². The molecule has 1 aromatic rings. The predicted octanol–water partition coefficient (Wildman–Crippen LogP) is 3.22. The van der Waals surface area contributed by atoms with Crippen LogP contribution in [0.3, 0.4) is 0 Å². The number of esters is 1. The number of aryl methyl sites for hydroxylation is 1. The minimum Gasteiger partial charge on any atom is -0.504 e. The number of guanidine groups is 1. The number of fused-ring (bicyclic) bond motifs is 4. The van der Waals surface area contributed by atoms with Gasteiger partial charge in [-0.1, -0.05) is 18.9 Å². The van der Waals surface area contributed by atoms with E-state index in [1.54, 1.807) is 6.07 Å².